The van der Waals surface area contributed by atoms with Gasteiger partial charge in [-0.15, -0.1) is 0 Å². The summed E-state index contributed by atoms with van der Waals surface area (Å²) in [7, 11) is 0. The van der Waals surface area contributed by atoms with Gasteiger partial charge in [0.15, 0.2) is 0 Å². The van der Waals surface area contributed by atoms with Gasteiger partial charge in [0.05, 0.1) is 17.3 Å². The Kier molecular flexibility index (Phi) is 6.21. The van der Waals surface area contributed by atoms with E-state index in [9.17, 15) is 9.18 Å². The van der Waals surface area contributed by atoms with E-state index in [0.29, 0.717) is 19.6 Å². The first-order valence-corrected chi connectivity index (χ1v) is 10.5. The highest BCUT2D eigenvalue weighted by Gasteiger charge is 2.25. The first-order valence-electron chi connectivity index (χ1n) is 10.1. The molecule has 2 fully saturated rings. The first kappa shape index (κ1) is 20.0. The summed E-state index contributed by atoms with van der Waals surface area (Å²) in [4.78, 5) is 21.4. The molecule has 2 aliphatic rings. The van der Waals surface area contributed by atoms with Gasteiger partial charge in [-0.25, -0.2) is 4.39 Å². The summed E-state index contributed by atoms with van der Waals surface area (Å²) in [5.41, 5.74) is 2.08. The number of halogens is 2. The van der Waals surface area contributed by atoms with Gasteiger partial charge in [0.25, 0.3) is 0 Å². The fourth-order valence-electron chi connectivity index (χ4n) is 4.01. The van der Waals surface area contributed by atoms with Gasteiger partial charge >= 0.3 is 0 Å². The number of piperazine rings is 2. The van der Waals surface area contributed by atoms with Crippen LogP contribution in [0.5, 0.6) is 0 Å². The molecule has 0 atom stereocenters. The zero-order valence-electron chi connectivity index (χ0n) is 16.4. The van der Waals surface area contributed by atoms with Crippen LogP contribution in [0.4, 0.5) is 15.8 Å². The maximum Gasteiger partial charge on any atom is 0.236 e. The number of rotatable bonds is 4. The van der Waals surface area contributed by atoms with Crippen LogP contribution in [0.15, 0.2) is 48.5 Å². The number of amides is 1. The summed E-state index contributed by atoms with van der Waals surface area (Å²) in [6, 6.07) is 14.5. The lowest BCUT2D eigenvalue weighted by Gasteiger charge is -2.39. The summed E-state index contributed by atoms with van der Waals surface area (Å²) in [6.07, 6.45) is 0. The fourth-order valence-corrected chi connectivity index (χ4v) is 4.27. The lowest BCUT2D eigenvalue weighted by atomic mass is 10.2. The van der Waals surface area contributed by atoms with E-state index in [1.54, 1.807) is 12.1 Å². The highest BCUT2D eigenvalue weighted by Crippen LogP contribution is 2.26. The molecule has 0 aliphatic carbocycles. The minimum atomic E-state index is -0.225. The zero-order valence-corrected chi connectivity index (χ0v) is 17.2. The molecule has 0 aromatic heterocycles. The van der Waals surface area contributed by atoms with Crippen LogP contribution in [0.3, 0.4) is 0 Å². The van der Waals surface area contributed by atoms with E-state index in [2.05, 4.69) is 14.7 Å². The molecule has 0 bridgehead atoms. The second kappa shape index (κ2) is 9.01. The third kappa shape index (κ3) is 4.82. The average Bonchev–Trinajstić information content (AvgIpc) is 2.75. The Labute approximate surface area is 176 Å². The average molecular weight is 417 g/mol. The molecule has 2 aromatic carbocycles. The number of benzene rings is 2. The minimum absolute atomic E-state index is 0.190. The van der Waals surface area contributed by atoms with Crippen LogP contribution in [-0.4, -0.2) is 74.6 Å². The fraction of sp³-hybridized carbons (Fsp3) is 0.409. The molecule has 2 heterocycles. The molecule has 2 aliphatic heterocycles. The molecule has 0 saturated carbocycles. The molecule has 0 radical (unpaired) electrons. The molecule has 0 N–H and O–H groups in total. The van der Waals surface area contributed by atoms with Crippen molar-refractivity contribution < 1.29 is 9.18 Å². The zero-order chi connectivity index (χ0) is 20.2. The summed E-state index contributed by atoms with van der Waals surface area (Å²) in [6.45, 7) is 6.87. The maximum absolute atomic E-state index is 13.1. The SMILES string of the molecule is O=C(CN1CCN(c2ccccc2Cl)CC1)N1CCN(c2ccc(F)cc2)CC1. The van der Waals surface area contributed by atoms with Crippen molar-refractivity contribution in [2.24, 2.45) is 0 Å². The lowest BCUT2D eigenvalue weighted by Crippen LogP contribution is -2.54. The van der Waals surface area contributed by atoms with E-state index in [1.165, 1.54) is 12.1 Å². The highest BCUT2D eigenvalue weighted by molar-refractivity contribution is 6.33. The predicted octanol–water partition coefficient (Wildman–Crippen LogP) is 2.95. The molecular weight excluding hydrogens is 391 g/mol. The van der Waals surface area contributed by atoms with Gasteiger partial charge in [-0.3, -0.25) is 9.69 Å². The van der Waals surface area contributed by atoms with Gasteiger partial charge in [-0.1, -0.05) is 23.7 Å². The van der Waals surface area contributed by atoms with Gasteiger partial charge < -0.3 is 14.7 Å². The molecule has 4 rings (SSSR count). The smallest absolute Gasteiger partial charge is 0.236 e. The number of nitrogens with zero attached hydrogens (tertiary/aromatic N) is 4. The standard InChI is InChI=1S/C22H26ClFN4O/c23-20-3-1-2-4-21(20)27-11-9-25(10-12-27)17-22(29)28-15-13-26(14-16-28)19-7-5-18(24)6-8-19/h1-8H,9-17H2. The lowest BCUT2D eigenvalue weighted by molar-refractivity contribution is -0.132. The van der Waals surface area contributed by atoms with Crippen LogP contribution >= 0.6 is 11.6 Å². The second-order valence-corrected chi connectivity index (χ2v) is 7.97. The van der Waals surface area contributed by atoms with Gasteiger partial charge in [0.2, 0.25) is 5.91 Å². The molecule has 7 heteroatoms. The van der Waals surface area contributed by atoms with E-state index < -0.39 is 0 Å². The van der Waals surface area contributed by atoms with Crippen molar-refractivity contribution in [3.63, 3.8) is 0 Å². The Hall–Kier alpha value is -2.31. The van der Waals surface area contributed by atoms with E-state index in [1.807, 2.05) is 29.2 Å². The van der Waals surface area contributed by atoms with Crippen molar-refractivity contribution in [2.45, 2.75) is 0 Å². The van der Waals surface area contributed by atoms with E-state index in [4.69, 9.17) is 11.6 Å². The van der Waals surface area contributed by atoms with Crippen LogP contribution < -0.4 is 9.80 Å². The Morgan fingerprint density at radius 2 is 1.45 bits per heavy atom. The number of carbonyl (C=O) groups excluding carboxylic acids is 1. The molecule has 0 unspecified atom stereocenters. The number of hydrogen-bond donors (Lipinski definition) is 0. The Morgan fingerprint density at radius 3 is 2.10 bits per heavy atom. The summed E-state index contributed by atoms with van der Waals surface area (Å²) in [5.74, 6) is -0.0350. The van der Waals surface area contributed by atoms with Gasteiger partial charge in [0, 0.05) is 58.0 Å². The van der Waals surface area contributed by atoms with E-state index in [-0.39, 0.29) is 11.7 Å². The third-order valence-corrected chi connectivity index (χ3v) is 6.07. The number of para-hydroxylation sites is 1. The molecule has 0 spiro atoms. The third-order valence-electron chi connectivity index (χ3n) is 5.75. The second-order valence-electron chi connectivity index (χ2n) is 7.56. The Bertz CT molecular complexity index is 831. The van der Waals surface area contributed by atoms with Crippen molar-refractivity contribution >= 4 is 28.9 Å². The number of hydrogen-bond acceptors (Lipinski definition) is 4. The van der Waals surface area contributed by atoms with Crippen LogP contribution in [0.2, 0.25) is 5.02 Å². The monoisotopic (exact) mass is 416 g/mol. The Balaban J connectivity index is 1.23. The van der Waals surface area contributed by atoms with Crippen LogP contribution in [0.1, 0.15) is 0 Å². The van der Waals surface area contributed by atoms with Crippen LogP contribution in [0, 0.1) is 5.82 Å². The number of anilines is 2. The Morgan fingerprint density at radius 1 is 0.828 bits per heavy atom. The van der Waals surface area contributed by atoms with Gasteiger partial charge in [-0.05, 0) is 36.4 Å². The molecule has 154 valence electrons. The van der Waals surface area contributed by atoms with Gasteiger partial charge in [-0.2, -0.15) is 0 Å². The quantitative estimate of drug-likeness (QED) is 0.766. The van der Waals surface area contributed by atoms with Crippen molar-refractivity contribution in [3.05, 3.63) is 59.4 Å². The molecule has 29 heavy (non-hydrogen) atoms. The number of carbonyl (C=O) groups is 1. The van der Waals surface area contributed by atoms with Crippen molar-refractivity contribution in [1.29, 1.82) is 0 Å². The van der Waals surface area contributed by atoms with Crippen molar-refractivity contribution in [1.82, 2.24) is 9.80 Å². The van der Waals surface area contributed by atoms with Crippen molar-refractivity contribution in [3.8, 4) is 0 Å². The summed E-state index contributed by atoms with van der Waals surface area (Å²) >= 11 is 6.31. The van der Waals surface area contributed by atoms with E-state index in [0.717, 1.165) is 55.7 Å². The summed E-state index contributed by atoms with van der Waals surface area (Å²) < 4.78 is 13.1. The molecule has 1 amide bonds. The first-order chi connectivity index (χ1) is 14.1. The van der Waals surface area contributed by atoms with Crippen LogP contribution in [-0.2, 0) is 4.79 Å². The van der Waals surface area contributed by atoms with Crippen LogP contribution in [0.25, 0.3) is 0 Å². The van der Waals surface area contributed by atoms with Crippen molar-refractivity contribution in [2.75, 3.05) is 68.7 Å². The minimum Gasteiger partial charge on any atom is -0.368 e. The summed E-state index contributed by atoms with van der Waals surface area (Å²) in [5, 5.41) is 0.774. The normalized spacial score (nSPS) is 18.2. The van der Waals surface area contributed by atoms with Gasteiger partial charge in [0.1, 0.15) is 5.82 Å². The molecular formula is C22H26ClFN4O. The predicted molar refractivity (Wildman–Crippen MR) is 115 cm³/mol. The van der Waals surface area contributed by atoms with E-state index >= 15 is 0 Å². The largest absolute Gasteiger partial charge is 0.368 e. The maximum atomic E-state index is 13.1. The highest BCUT2D eigenvalue weighted by atomic mass is 35.5. The molecule has 2 saturated heterocycles. The molecule has 2 aromatic rings. The molecule has 5 nitrogen and oxygen atoms in total. The topological polar surface area (TPSA) is 30.0 Å².